The Morgan fingerprint density at radius 1 is 1.03 bits per heavy atom. The summed E-state index contributed by atoms with van der Waals surface area (Å²) in [6, 6.07) is 24.3. The number of halogens is 1. The number of amides is 1. The highest BCUT2D eigenvalue weighted by molar-refractivity contribution is 9.10. The Morgan fingerprint density at radius 3 is 2.42 bits per heavy atom. The zero-order valence-corrected chi connectivity index (χ0v) is 20.0. The van der Waals surface area contributed by atoms with Crippen LogP contribution in [0.5, 0.6) is 5.75 Å². The zero-order chi connectivity index (χ0) is 23.2. The van der Waals surface area contributed by atoms with E-state index in [-0.39, 0.29) is 17.4 Å². The molecule has 7 nitrogen and oxygen atoms in total. The number of aromatic nitrogens is 3. The first-order valence-corrected chi connectivity index (χ1v) is 11.8. The Morgan fingerprint density at radius 2 is 1.73 bits per heavy atom. The Labute approximate surface area is 203 Å². The van der Waals surface area contributed by atoms with Gasteiger partial charge >= 0.3 is 0 Å². The van der Waals surface area contributed by atoms with Crippen LogP contribution in [0.25, 0.3) is 17.1 Å². The number of phenols is 1. The number of carbonyl (C=O) groups is 1. The van der Waals surface area contributed by atoms with Crippen LogP contribution in [0.15, 0.2) is 93.6 Å². The molecule has 0 radical (unpaired) electrons. The van der Waals surface area contributed by atoms with Crippen LogP contribution in [0.3, 0.4) is 0 Å². The molecule has 0 saturated carbocycles. The van der Waals surface area contributed by atoms with Crippen molar-refractivity contribution in [3.63, 3.8) is 0 Å². The van der Waals surface area contributed by atoms with E-state index in [0.29, 0.717) is 16.7 Å². The lowest BCUT2D eigenvalue weighted by Gasteiger charge is -2.10. The summed E-state index contributed by atoms with van der Waals surface area (Å²) in [6.07, 6.45) is 0. The minimum Gasteiger partial charge on any atom is -0.508 e. The highest BCUT2D eigenvalue weighted by Gasteiger charge is 2.17. The molecule has 4 rings (SSSR count). The normalized spacial score (nSPS) is 11.4. The third-order valence-electron chi connectivity index (χ3n) is 4.72. The number of carbonyl (C=O) groups excluding carboxylic acids is 1. The SMILES string of the molecule is C/C(=N\NC(=O)CSc1nnc(-c2ccc(Br)cc2)n1-c1ccccc1)c1ccc(O)cc1. The largest absolute Gasteiger partial charge is 0.508 e. The second-order valence-corrected chi connectivity index (χ2v) is 8.91. The van der Waals surface area contributed by atoms with E-state index in [4.69, 9.17) is 0 Å². The number of para-hydroxylation sites is 1. The predicted molar refractivity (Wildman–Crippen MR) is 134 cm³/mol. The van der Waals surface area contributed by atoms with Crippen molar-refractivity contribution in [3.8, 4) is 22.8 Å². The van der Waals surface area contributed by atoms with Gasteiger partial charge in [0.05, 0.1) is 11.5 Å². The number of nitrogens with one attached hydrogen (secondary N) is 1. The first-order chi connectivity index (χ1) is 16.0. The molecule has 0 aliphatic rings. The Kier molecular flexibility index (Phi) is 7.21. The van der Waals surface area contributed by atoms with Gasteiger partial charge in [0.2, 0.25) is 0 Å². The number of rotatable bonds is 7. The van der Waals surface area contributed by atoms with E-state index in [1.54, 1.807) is 31.2 Å². The van der Waals surface area contributed by atoms with Gasteiger partial charge in [0.1, 0.15) is 5.75 Å². The maximum atomic E-state index is 12.4. The van der Waals surface area contributed by atoms with E-state index in [2.05, 4.69) is 36.7 Å². The fraction of sp³-hybridized carbons (Fsp3) is 0.0833. The average molecular weight is 522 g/mol. The second-order valence-electron chi connectivity index (χ2n) is 7.05. The molecule has 1 aromatic heterocycles. The molecule has 166 valence electrons. The molecular formula is C24H20BrN5O2S. The Bertz CT molecular complexity index is 1270. The summed E-state index contributed by atoms with van der Waals surface area (Å²) in [5.41, 5.74) is 5.84. The van der Waals surface area contributed by atoms with Crippen molar-refractivity contribution < 1.29 is 9.90 Å². The van der Waals surface area contributed by atoms with Gasteiger partial charge in [-0.1, -0.05) is 58.0 Å². The molecule has 0 atom stereocenters. The number of phenolic OH excluding ortho intramolecular Hbond substituents is 1. The predicted octanol–water partition coefficient (Wildman–Crippen LogP) is 5.03. The Hall–Kier alpha value is -3.43. The topological polar surface area (TPSA) is 92.4 Å². The van der Waals surface area contributed by atoms with Crippen LogP contribution >= 0.6 is 27.7 Å². The van der Waals surface area contributed by atoms with Gasteiger partial charge in [0.25, 0.3) is 5.91 Å². The third kappa shape index (κ3) is 5.68. The summed E-state index contributed by atoms with van der Waals surface area (Å²) in [7, 11) is 0. The summed E-state index contributed by atoms with van der Waals surface area (Å²) >= 11 is 4.74. The number of aromatic hydroxyl groups is 1. The van der Waals surface area contributed by atoms with E-state index in [0.717, 1.165) is 21.3 Å². The van der Waals surface area contributed by atoms with E-state index >= 15 is 0 Å². The third-order valence-corrected chi connectivity index (χ3v) is 6.17. The van der Waals surface area contributed by atoms with Gasteiger partial charge in [-0.25, -0.2) is 5.43 Å². The lowest BCUT2D eigenvalue weighted by atomic mass is 10.1. The number of hydrogen-bond donors (Lipinski definition) is 2. The Balaban J connectivity index is 1.51. The van der Waals surface area contributed by atoms with Crippen LogP contribution < -0.4 is 5.43 Å². The van der Waals surface area contributed by atoms with Gasteiger partial charge in [0, 0.05) is 15.7 Å². The molecule has 0 fully saturated rings. The fourth-order valence-corrected chi connectivity index (χ4v) is 4.04. The van der Waals surface area contributed by atoms with E-state index < -0.39 is 0 Å². The van der Waals surface area contributed by atoms with Crippen LogP contribution in [-0.4, -0.2) is 37.2 Å². The minimum absolute atomic E-state index is 0.123. The van der Waals surface area contributed by atoms with Crippen molar-refractivity contribution in [1.82, 2.24) is 20.2 Å². The molecule has 33 heavy (non-hydrogen) atoms. The lowest BCUT2D eigenvalue weighted by Crippen LogP contribution is -2.21. The van der Waals surface area contributed by atoms with Gasteiger partial charge in [0.15, 0.2) is 11.0 Å². The van der Waals surface area contributed by atoms with E-state index in [9.17, 15) is 9.90 Å². The second kappa shape index (κ2) is 10.5. The number of benzene rings is 3. The first kappa shape index (κ1) is 22.8. The summed E-state index contributed by atoms with van der Waals surface area (Å²) in [6.45, 7) is 1.79. The van der Waals surface area contributed by atoms with Crippen molar-refractivity contribution in [2.24, 2.45) is 5.10 Å². The van der Waals surface area contributed by atoms with Crippen molar-refractivity contribution in [1.29, 1.82) is 0 Å². The van der Waals surface area contributed by atoms with Crippen LogP contribution in [-0.2, 0) is 4.79 Å². The summed E-state index contributed by atoms with van der Waals surface area (Å²) in [5.74, 6) is 0.734. The summed E-state index contributed by atoms with van der Waals surface area (Å²) in [4.78, 5) is 12.4. The molecule has 4 aromatic rings. The highest BCUT2D eigenvalue weighted by atomic mass is 79.9. The molecule has 0 saturated heterocycles. The number of thioether (sulfide) groups is 1. The smallest absolute Gasteiger partial charge is 0.250 e. The molecule has 9 heteroatoms. The summed E-state index contributed by atoms with van der Waals surface area (Å²) in [5, 5.41) is 22.9. The quantitative estimate of drug-likeness (QED) is 0.202. The molecular weight excluding hydrogens is 502 g/mol. The van der Waals surface area contributed by atoms with Crippen LogP contribution in [0, 0.1) is 0 Å². The van der Waals surface area contributed by atoms with Gasteiger partial charge in [-0.15, -0.1) is 10.2 Å². The average Bonchev–Trinajstić information content (AvgIpc) is 3.26. The fourth-order valence-electron chi connectivity index (χ4n) is 3.03. The van der Waals surface area contributed by atoms with E-state index in [1.807, 2.05) is 59.2 Å². The van der Waals surface area contributed by atoms with Crippen LogP contribution in [0.2, 0.25) is 0 Å². The minimum atomic E-state index is -0.258. The molecule has 2 N–H and O–H groups in total. The molecule has 0 aliphatic carbocycles. The van der Waals surface area contributed by atoms with Crippen LogP contribution in [0.1, 0.15) is 12.5 Å². The molecule has 0 bridgehead atoms. The molecule has 3 aromatic carbocycles. The highest BCUT2D eigenvalue weighted by Crippen LogP contribution is 2.28. The first-order valence-electron chi connectivity index (χ1n) is 10.0. The lowest BCUT2D eigenvalue weighted by molar-refractivity contribution is -0.118. The number of hydrogen-bond acceptors (Lipinski definition) is 6. The molecule has 0 unspecified atom stereocenters. The maximum absolute atomic E-state index is 12.4. The molecule has 0 aliphatic heterocycles. The zero-order valence-electron chi connectivity index (χ0n) is 17.6. The van der Waals surface area contributed by atoms with Gasteiger partial charge in [-0.2, -0.15) is 5.10 Å². The van der Waals surface area contributed by atoms with Crippen LogP contribution in [0.4, 0.5) is 0 Å². The van der Waals surface area contributed by atoms with Gasteiger partial charge in [-0.3, -0.25) is 9.36 Å². The van der Waals surface area contributed by atoms with Crippen molar-refractivity contribution in [2.45, 2.75) is 12.1 Å². The number of hydrazone groups is 1. The number of nitrogens with zero attached hydrogens (tertiary/aromatic N) is 4. The molecule has 1 heterocycles. The monoisotopic (exact) mass is 521 g/mol. The van der Waals surface area contributed by atoms with Crippen molar-refractivity contribution in [2.75, 3.05) is 5.75 Å². The summed E-state index contributed by atoms with van der Waals surface area (Å²) < 4.78 is 2.91. The van der Waals surface area contributed by atoms with Gasteiger partial charge in [-0.05, 0) is 61.0 Å². The maximum Gasteiger partial charge on any atom is 0.250 e. The molecule has 1 amide bonds. The standard InChI is InChI=1S/C24H20BrN5O2S/c1-16(17-9-13-21(31)14-10-17)26-27-22(32)15-33-24-29-28-23(18-7-11-19(25)12-8-18)30(24)20-5-3-2-4-6-20/h2-14,31H,15H2,1H3,(H,27,32)/b26-16+. The van der Waals surface area contributed by atoms with Gasteiger partial charge < -0.3 is 5.11 Å². The van der Waals surface area contributed by atoms with Crippen molar-refractivity contribution >= 4 is 39.3 Å². The van der Waals surface area contributed by atoms with Crippen molar-refractivity contribution in [3.05, 3.63) is 88.9 Å². The van der Waals surface area contributed by atoms with E-state index in [1.165, 1.54) is 11.8 Å². The molecule has 0 spiro atoms.